The quantitative estimate of drug-likeness (QED) is 0.412. The van der Waals surface area contributed by atoms with Gasteiger partial charge in [0.05, 0.1) is 30.3 Å². The summed E-state index contributed by atoms with van der Waals surface area (Å²) >= 11 is 13.4. The van der Waals surface area contributed by atoms with Crippen molar-refractivity contribution in [3.63, 3.8) is 0 Å². The van der Waals surface area contributed by atoms with E-state index >= 15 is 0 Å². The van der Waals surface area contributed by atoms with Crippen molar-refractivity contribution in [3.8, 4) is 5.75 Å². The maximum absolute atomic E-state index is 13.2. The zero-order chi connectivity index (χ0) is 22.7. The van der Waals surface area contributed by atoms with Crippen molar-refractivity contribution in [1.29, 1.82) is 0 Å². The van der Waals surface area contributed by atoms with Gasteiger partial charge in [-0.1, -0.05) is 43.5 Å². The van der Waals surface area contributed by atoms with Crippen LogP contribution in [0.2, 0.25) is 5.02 Å². The first-order valence-corrected chi connectivity index (χ1v) is 12.4. The van der Waals surface area contributed by atoms with Crippen LogP contribution in [0.1, 0.15) is 16.8 Å². The zero-order valence-corrected chi connectivity index (χ0v) is 20.9. The molecule has 3 aliphatic rings. The summed E-state index contributed by atoms with van der Waals surface area (Å²) in [4.78, 5) is 40.7. The molecule has 5 rings (SSSR count). The minimum absolute atomic E-state index is 0.141. The number of nitrogens with zero attached hydrogens (tertiary/aromatic N) is 1. The molecule has 1 saturated heterocycles. The first-order valence-electron chi connectivity index (χ1n) is 10.2. The summed E-state index contributed by atoms with van der Waals surface area (Å²) in [6.07, 6.45) is 0.887. The van der Waals surface area contributed by atoms with Crippen molar-refractivity contribution >= 4 is 72.6 Å². The number of nitrogens with one attached hydrogen (secondary N) is 1. The summed E-state index contributed by atoms with van der Waals surface area (Å²) in [6.45, 7) is 0. The largest absolute Gasteiger partial charge is 0.495 e. The number of ether oxygens (including phenoxy) is 1. The minimum atomic E-state index is -0.352. The van der Waals surface area contributed by atoms with Gasteiger partial charge in [-0.25, -0.2) is 0 Å². The molecule has 1 heterocycles. The van der Waals surface area contributed by atoms with E-state index in [-0.39, 0.29) is 51.0 Å². The summed E-state index contributed by atoms with van der Waals surface area (Å²) in [6, 6.07) is 11.4. The Morgan fingerprint density at radius 2 is 1.62 bits per heavy atom. The van der Waals surface area contributed by atoms with Crippen LogP contribution in [0.3, 0.4) is 0 Å². The van der Waals surface area contributed by atoms with Crippen LogP contribution in [0.4, 0.5) is 11.4 Å². The predicted octanol–water partition coefficient (Wildman–Crippen LogP) is 4.88. The first-order chi connectivity index (χ1) is 15.3. The van der Waals surface area contributed by atoms with Crippen molar-refractivity contribution in [2.45, 2.75) is 16.1 Å². The lowest BCUT2D eigenvalue weighted by Gasteiger charge is -2.28. The van der Waals surface area contributed by atoms with Gasteiger partial charge in [0.15, 0.2) is 0 Å². The molecule has 2 bridgehead atoms. The number of methoxy groups -OCH3 is 1. The first kappa shape index (κ1) is 21.9. The lowest BCUT2D eigenvalue weighted by atomic mass is 9.81. The van der Waals surface area contributed by atoms with E-state index in [1.165, 1.54) is 12.0 Å². The molecule has 2 aromatic rings. The Bertz CT molecular complexity index is 1090. The molecule has 0 unspecified atom stereocenters. The lowest BCUT2D eigenvalue weighted by molar-refractivity contribution is -0.123. The maximum Gasteiger partial charge on any atom is 0.255 e. The normalized spacial score (nSPS) is 30.6. The molecule has 2 saturated carbocycles. The predicted molar refractivity (Wildman–Crippen MR) is 129 cm³/mol. The average Bonchev–Trinajstić information content (AvgIpc) is 3.39. The fourth-order valence-electron chi connectivity index (χ4n) is 5.34. The van der Waals surface area contributed by atoms with Crippen LogP contribution in [0.15, 0.2) is 42.5 Å². The van der Waals surface area contributed by atoms with E-state index < -0.39 is 0 Å². The summed E-state index contributed by atoms with van der Waals surface area (Å²) in [5.41, 5.74) is 1.33. The Morgan fingerprint density at radius 3 is 2.19 bits per heavy atom. The number of alkyl halides is 2. The molecule has 0 aromatic heterocycles. The van der Waals surface area contributed by atoms with Gasteiger partial charge in [-0.3, -0.25) is 19.3 Å². The number of carbonyl (C=O) groups excluding carboxylic acids is 3. The van der Waals surface area contributed by atoms with Gasteiger partial charge in [0.2, 0.25) is 11.8 Å². The van der Waals surface area contributed by atoms with Gasteiger partial charge in [0.1, 0.15) is 5.75 Å². The molecule has 2 aliphatic carbocycles. The molecule has 1 N–H and O–H groups in total. The van der Waals surface area contributed by atoms with Gasteiger partial charge in [-0.05, 0) is 60.7 Å². The van der Waals surface area contributed by atoms with Crippen LogP contribution in [-0.4, -0.2) is 34.5 Å². The highest BCUT2D eigenvalue weighted by Gasteiger charge is 2.66. The van der Waals surface area contributed by atoms with Gasteiger partial charge in [-0.2, -0.15) is 0 Å². The highest BCUT2D eigenvalue weighted by atomic mass is 79.9. The Balaban J connectivity index is 1.36. The Hall–Kier alpha value is -1.90. The number of rotatable bonds is 4. The second kappa shape index (κ2) is 8.15. The van der Waals surface area contributed by atoms with E-state index in [1.54, 1.807) is 42.5 Å². The third-order valence-electron chi connectivity index (χ3n) is 6.78. The highest BCUT2D eigenvalue weighted by molar-refractivity contribution is 9.12. The van der Waals surface area contributed by atoms with Crippen molar-refractivity contribution < 1.29 is 19.1 Å². The van der Waals surface area contributed by atoms with E-state index in [4.69, 9.17) is 16.3 Å². The molecule has 166 valence electrons. The SMILES string of the molecule is COc1ccc(Cl)cc1NC(=O)c1ccc(N2C(=O)[C@@H]3[C@H]4C[C@@H]([C@H](Br)[C@H]4Br)[C@@H]3C2=O)cc1. The summed E-state index contributed by atoms with van der Waals surface area (Å²) in [7, 11) is 1.51. The zero-order valence-electron chi connectivity index (χ0n) is 16.9. The number of anilines is 2. The Labute approximate surface area is 206 Å². The van der Waals surface area contributed by atoms with Gasteiger partial charge >= 0.3 is 0 Å². The fraction of sp³-hybridized carbons (Fsp3) is 0.348. The summed E-state index contributed by atoms with van der Waals surface area (Å²) < 4.78 is 5.26. The number of carbonyl (C=O) groups is 3. The molecule has 6 nitrogen and oxygen atoms in total. The van der Waals surface area contributed by atoms with Crippen LogP contribution in [0.5, 0.6) is 5.75 Å². The molecule has 9 heteroatoms. The number of hydrogen-bond acceptors (Lipinski definition) is 4. The second-order valence-corrected chi connectivity index (χ2v) is 10.9. The molecule has 2 aromatic carbocycles. The Morgan fingerprint density at radius 1 is 1.03 bits per heavy atom. The number of benzene rings is 2. The van der Waals surface area contributed by atoms with E-state index in [0.717, 1.165) is 6.42 Å². The molecule has 32 heavy (non-hydrogen) atoms. The summed E-state index contributed by atoms with van der Waals surface area (Å²) in [5, 5.41) is 3.25. The monoisotopic (exact) mass is 580 g/mol. The smallest absolute Gasteiger partial charge is 0.255 e. The van der Waals surface area contributed by atoms with E-state index in [9.17, 15) is 14.4 Å². The van der Waals surface area contributed by atoms with Gasteiger partial charge < -0.3 is 10.1 Å². The van der Waals surface area contributed by atoms with Crippen LogP contribution in [-0.2, 0) is 9.59 Å². The topological polar surface area (TPSA) is 75.7 Å². The van der Waals surface area contributed by atoms with E-state index in [2.05, 4.69) is 37.2 Å². The Kier molecular flexibility index (Phi) is 5.58. The third-order valence-corrected chi connectivity index (χ3v) is 10.2. The van der Waals surface area contributed by atoms with Crippen molar-refractivity contribution in [3.05, 3.63) is 53.1 Å². The van der Waals surface area contributed by atoms with Crippen LogP contribution >= 0.6 is 43.5 Å². The molecule has 0 radical (unpaired) electrons. The van der Waals surface area contributed by atoms with Gasteiger partial charge in [-0.15, -0.1) is 0 Å². The average molecular weight is 583 g/mol. The maximum atomic E-state index is 13.2. The van der Waals surface area contributed by atoms with E-state index in [1.807, 2.05) is 0 Å². The second-order valence-electron chi connectivity index (χ2n) is 8.36. The standard InChI is InChI=1S/C23H19Br2ClN2O4/c1-32-16-7-4-11(26)8-15(16)27-21(29)10-2-5-12(6-3-10)28-22(30)17-13-9-14(18(17)23(28)31)20(25)19(13)24/h2-8,13-14,17-20H,9H2,1H3,(H,27,29)/t13-,14-,17-,18+,19+,20+/m1/s1. The molecule has 1 aliphatic heterocycles. The number of fused-ring (bicyclic) bond motifs is 5. The molecular formula is C23H19Br2ClN2O4. The highest BCUT2D eigenvalue weighted by Crippen LogP contribution is 2.60. The molecule has 3 amide bonds. The van der Waals surface area contributed by atoms with Crippen LogP contribution in [0.25, 0.3) is 0 Å². The third kappa shape index (κ3) is 3.30. The number of hydrogen-bond donors (Lipinski definition) is 1. The number of amides is 3. The van der Waals surface area contributed by atoms with Crippen molar-refractivity contribution in [2.75, 3.05) is 17.3 Å². The fourth-order valence-corrected chi connectivity index (χ4v) is 7.38. The number of halogens is 3. The molecule has 0 spiro atoms. The van der Waals surface area contributed by atoms with E-state index in [0.29, 0.717) is 27.7 Å². The van der Waals surface area contributed by atoms with Crippen molar-refractivity contribution in [1.82, 2.24) is 0 Å². The van der Waals surface area contributed by atoms with Crippen LogP contribution < -0.4 is 15.0 Å². The number of imide groups is 1. The van der Waals surface area contributed by atoms with Crippen LogP contribution in [0, 0.1) is 23.7 Å². The molecule has 6 atom stereocenters. The molecule has 3 fully saturated rings. The van der Waals surface area contributed by atoms with Gasteiger partial charge in [0, 0.05) is 20.2 Å². The summed E-state index contributed by atoms with van der Waals surface area (Å²) in [5.74, 6) is -0.371. The van der Waals surface area contributed by atoms with Gasteiger partial charge in [0.25, 0.3) is 5.91 Å². The molecular weight excluding hydrogens is 564 g/mol. The minimum Gasteiger partial charge on any atom is -0.495 e. The van der Waals surface area contributed by atoms with Crippen molar-refractivity contribution in [2.24, 2.45) is 23.7 Å². The lowest BCUT2D eigenvalue weighted by Crippen LogP contribution is -2.37.